The SMILES string of the molecule is CS(=O)(=O)CCN1CCC(n2ccc3cc(N)ccc32)CC1.CS(=O)(=O)CCN1CCC(n2ccc3cc([N+](=O)[O-])ccc32)CC1.O=[N+]([O-])c1ccc2c(ccn2C2CCNCC2)c1.[2H]CF. The van der Waals surface area contributed by atoms with Crippen LogP contribution in [0.4, 0.5) is 21.5 Å². The topological polar surface area (TPSA) is 214 Å². The van der Waals surface area contributed by atoms with Gasteiger partial charge in [0.1, 0.15) is 19.7 Å². The van der Waals surface area contributed by atoms with Gasteiger partial charge in [-0.15, -0.1) is 0 Å². The summed E-state index contributed by atoms with van der Waals surface area (Å²) < 4.78 is 67.3. The lowest BCUT2D eigenvalue weighted by molar-refractivity contribution is -0.384. The average molecular weight is 953 g/mol. The van der Waals surface area contributed by atoms with Crippen LogP contribution < -0.4 is 11.1 Å². The van der Waals surface area contributed by atoms with Crippen LogP contribution in [0.25, 0.3) is 32.7 Å². The molecule has 3 aromatic carbocycles. The molecule has 6 heterocycles. The second-order valence-electron chi connectivity index (χ2n) is 17.4. The molecule has 3 aliphatic heterocycles. The number of benzene rings is 3. The molecule has 9 rings (SSSR count). The van der Waals surface area contributed by atoms with Gasteiger partial charge in [-0.2, -0.15) is 0 Å². The highest BCUT2D eigenvalue weighted by atomic mass is 32.2. The number of nitrogens with one attached hydrogen (secondary N) is 1. The molecule has 3 aliphatic rings. The maximum atomic E-state index is 11.3. The summed E-state index contributed by atoms with van der Waals surface area (Å²) in [7, 11) is -6.79. The Bertz CT molecular complexity index is 2830. The van der Waals surface area contributed by atoms with Crippen molar-refractivity contribution in [2.45, 2.75) is 56.7 Å². The van der Waals surface area contributed by atoms with E-state index < -0.39 is 26.8 Å². The first-order chi connectivity index (χ1) is 31.9. The molecule has 0 aliphatic carbocycles. The number of anilines is 1. The Morgan fingerprint density at radius 3 is 1.33 bits per heavy atom. The van der Waals surface area contributed by atoms with Crippen LogP contribution in [0, 0.1) is 20.2 Å². The van der Waals surface area contributed by atoms with Gasteiger partial charge in [-0.05, 0) is 100 Å². The summed E-state index contributed by atoms with van der Waals surface area (Å²) in [4.78, 5) is 25.3. The van der Waals surface area contributed by atoms with Crippen LogP contribution >= 0.6 is 0 Å². The number of nitrogens with two attached hydrogens (primary N) is 1. The molecule has 66 heavy (non-hydrogen) atoms. The number of aromatic nitrogens is 3. The number of piperidine rings is 3. The molecular formula is C46H62FN9O8S2. The molecule has 0 unspecified atom stereocenters. The predicted octanol–water partition coefficient (Wildman–Crippen LogP) is 7.20. The molecule has 0 radical (unpaired) electrons. The van der Waals surface area contributed by atoms with Crippen LogP contribution in [0.3, 0.4) is 0 Å². The summed E-state index contributed by atoms with van der Waals surface area (Å²) in [5.74, 6) is 0.456. The number of nitro groups is 2. The summed E-state index contributed by atoms with van der Waals surface area (Å²) in [6, 6.07) is 23.4. The zero-order valence-electron chi connectivity index (χ0n) is 38.6. The van der Waals surface area contributed by atoms with Crippen LogP contribution in [-0.4, -0.2) is 134 Å². The van der Waals surface area contributed by atoms with Crippen molar-refractivity contribution < 1.29 is 32.4 Å². The Morgan fingerprint density at radius 1 is 0.621 bits per heavy atom. The first-order valence-corrected chi connectivity index (χ1v) is 26.3. The van der Waals surface area contributed by atoms with Gasteiger partial charge in [0.05, 0.1) is 29.9 Å². The number of non-ortho nitro benzene ring substituents is 2. The van der Waals surface area contributed by atoms with Crippen molar-refractivity contribution in [3.63, 3.8) is 0 Å². The van der Waals surface area contributed by atoms with Gasteiger partial charge in [0.15, 0.2) is 0 Å². The van der Waals surface area contributed by atoms with Crippen molar-refractivity contribution in [1.29, 1.82) is 0 Å². The number of halogens is 1. The van der Waals surface area contributed by atoms with Crippen LogP contribution in [0.2, 0.25) is 0 Å². The number of rotatable bonds is 11. The zero-order valence-corrected chi connectivity index (χ0v) is 39.2. The number of hydrogen-bond donors (Lipinski definition) is 2. The highest BCUT2D eigenvalue weighted by molar-refractivity contribution is 7.90. The van der Waals surface area contributed by atoms with Gasteiger partial charge >= 0.3 is 0 Å². The molecule has 20 heteroatoms. The van der Waals surface area contributed by atoms with Gasteiger partial charge in [0.25, 0.3) is 11.4 Å². The number of alkyl halides is 1. The number of nitrogen functional groups attached to an aromatic ring is 1. The third-order valence-electron chi connectivity index (χ3n) is 12.7. The van der Waals surface area contributed by atoms with Gasteiger partial charge in [-0.1, -0.05) is 0 Å². The summed E-state index contributed by atoms with van der Waals surface area (Å²) >= 11 is 0. The molecule has 17 nitrogen and oxygen atoms in total. The highest BCUT2D eigenvalue weighted by Crippen LogP contribution is 2.32. The van der Waals surface area contributed by atoms with Crippen molar-refractivity contribution in [2.24, 2.45) is 0 Å². The normalized spacial score (nSPS) is 17.3. The fraction of sp³-hybridized carbons (Fsp3) is 0.478. The molecule has 0 saturated carbocycles. The number of nitro benzene ring substituents is 2. The van der Waals surface area contributed by atoms with E-state index in [0.29, 0.717) is 31.2 Å². The largest absolute Gasteiger partial charge is 0.399 e. The second kappa shape index (κ2) is 22.4. The molecule has 0 spiro atoms. The van der Waals surface area contributed by atoms with E-state index >= 15 is 0 Å². The van der Waals surface area contributed by atoms with Gasteiger partial charge in [-0.25, -0.2) is 16.8 Å². The van der Waals surface area contributed by atoms with Gasteiger partial charge < -0.3 is 34.6 Å². The number of fused-ring (bicyclic) bond motifs is 3. The minimum absolute atomic E-state index is 0.107. The quantitative estimate of drug-likeness (QED) is 0.0750. The van der Waals surface area contributed by atoms with Crippen molar-refractivity contribution in [1.82, 2.24) is 28.8 Å². The third-order valence-corrected chi connectivity index (χ3v) is 14.6. The van der Waals surface area contributed by atoms with E-state index in [1.807, 2.05) is 48.8 Å². The molecule has 3 aromatic heterocycles. The summed E-state index contributed by atoms with van der Waals surface area (Å²) in [5.41, 5.74) is 10.2. The Balaban J connectivity index is 0.000000162. The number of nitrogens with zero attached hydrogens (tertiary/aromatic N) is 7. The van der Waals surface area contributed by atoms with E-state index in [1.165, 1.54) is 23.4 Å². The summed E-state index contributed by atoms with van der Waals surface area (Å²) in [6.07, 6.45) is 15.0. The van der Waals surface area contributed by atoms with Crippen LogP contribution in [-0.2, 0) is 19.7 Å². The van der Waals surface area contributed by atoms with Crippen molar-refractivity contribution >= 4 is 69.4 Å². The Labute approximate surface area is 386 Å². The van der Waals surface area contributed by atoms with E-state index in [-0.39, 0.29) is 32.7 Å². The first-order valence-electron chi connectivity index (χ1n) is 22.9. The average Bonchev–Trinajstić information content (AvgIpc) is 4.05. The van der Waals surface area contributed by atoms with Gasteiger partial charge in [0, 0.05) is 151 Å². The molecule has 3 fully saturated rings. The highest BCUT2D eigenvalue weighted by Gasteiger charge is 2.24. The standard InChI is InChI=1S/C16H21N3O4S.C16H23N3O2S.C13H15N3O2.CH3F/c1-24(22,23)11-10-17-7-5-14(6-8-17)18-9-4-13-12-15(19(20)21)2-3-16(13)18;1-22(20,21)11-10-18-7-5-15(6-8-18)19-9-4-13-12-14(17)2-3-16(13)19;17-16(18)12-1-2-13-10(9-12)5-8-15(13)11-3-6-14-7-4-11;1-2/h2-4,9,12,14H,5-8,10-11H2,1H3;2-4,9,12,15H,5-8,10-11,17H2,1H3;1-2,5,8-9,11,14H,3-4,6-7H2;1H3/i;;;1D. The lowest BCUT2D eigenvalue weighted by Crippen LogP contribution is -2.37. The van der Waals surface area contributed by atoms with Crippen LogP contribution in [0.5, 0.6) is 0 Å². The second-order valence-corrected chi connectivity index (χ2v) is 21.9. The van der Waals surface area contributed by atoms with Crippen LogP contribution in [0.1, 0.15) is 58.0 Å². The first kappa shape index (κ1) is 48.5. The molecule has 0 atom stereocenters. The van der Waals surface area contributed by atoms with Crippen molar-refractivity contribution in [2.75, 3.05) is 89.3 Å². The van der Waals surface area contributed by atoms with Gasteiger partial charge in [-0.3, -0.25) is 24.6 Å². The summed E-state index contributed by atoms with van der Waals surface area (Å²) in [6.45, 7) is 6.96. The molecule has 6 aromatic rings. The maximum absolute atomic E-state index is 11.3. The maximum Gasteiger partial charge on any atom is 0.270 e. The summed E-state index contributed by atoms with van der Waals surface area (Å²) in [5, 5.41) is 28.0. The monoisotopic (exact) mass is 952 g/mol. The van der Waals surface area contributed by atoms with E-state index in [1.54, 1.807) is 24.3 Å². The Hall–Kier alpha value is -5.41. The van der Waals surface area contributed by atoms with E-state index in [2.05, 4.69) is 47.1 Å². The Kier molecular flexibility index (Phi) is 16.5. The number of sulfone groups is 2. The zero-order chi connectivity index (χ0) is 48.3. The molecule has 3 saturated heterocycles. The molecule has 3 N–H and O–H groups in total. The minimum Gasteiger partial charge on any atom is -0.399 e. The lowest BCUT2D eigenvalue weighted by Gasteiger charge is -2.33. The van der Waals surface area contributed by atoms with Gasteiger partial charge in [0.2, 0.25) is 0 Å². The number of hydrogen-bond acceptors (Lipinski definition) is 12. The van der Waals surface area contributed by atoms with Crippen molar-refractivity contribution in [3.05, 3.63) is 112 Å². The fourth-order valence-corrected chi connectivity index (χ4v) is 10.4. The molecule has 358 valence electrons. The van der Waals surface area contributed by atoms with E-state index in [0.717, 1.165) is 105 Å². The molecular weight excluding hydrogens is 890 g/mol. The Morgan fingerprint density at radius 2 is 0.970 bits per heavy atom. The van der Waals surface area contributed by atoms with Crippen molar-refractivity contribution in [3.8, 4) is 0 Å². The number of likely N-dealkylation sites (tertiary alicyclic amines) is 2. The predicted molar refractivity (Wildman–Crippen MR) is 261 cm³/mol. The van der Waals surface area contributed by atoms with Crippen LogP contribution in [0.15, 0.2) is 91.4 Å². The van der Waals surface area contributed by atoms with E-state index in [9.17, 15) is 41.5 Å². The lowest BCUT2D eigenvalue weighted by atomic mass is 10.0. The third kappa shape index (κ3) is 13.4. The minimum atomic E-state index is -2.92. The molecule has 0 bridgehead atoms. The molecule has 0 amide bonds. The van der Waals surface area contributed by atoms with E-state index in [4.69, 9.17) is 7.10 Å². The smallest absolute Gasteiger partial charge is 0.270 e. The fourth-order valence-electron chi connectivity index (χ4n) is 9.18.